The van der Waals surface area contributed by atoms with Gasteiger partial charge in [-0.1, -0.05) is 186 Å². The summed E-state index contributed by atoms with van der Waals surface area (Å²) in [7, 11) is -2.84. The van der Waals surface area contributed by atoms with Gasteiger partial charge in [0, 0.05) is 46.4 Å². The Morgan fingerprint density at radius 2 is 1.00 bits per heavy atom. The SMILES string of the molecule is CCCCCCCC/C=C\CCCCCCCC(=O)O[C@H](COC(=O)C(/C=C\CCCCCCCC)CCCCCC)COP(=O)(OC)OCCCCCCCCC(=O)NCCCCCC(=O)NCCCO[C@@H]1OC(CO)[C@H](O)[C@H](O[C@@H]2OC(CO)[C@H](O)[C@H](O)C2NC(C)=O)C1O[C@@H]1OC(C)[C@@H](O)[C@H](O)C1O. The van der Waals surface area contributed by atoms with Crippen LogP contribution < -0.4 is 16.0 Å². The van der Waals surface area contributed by atoms with Crippen LogP contribution in [0.3, 0.4) is 0 Å². The molecule has 0 spiro atoms. The molecule has 18 atom stereocenters. The van der Waals surface area contributed by atoms with Gasteiger partial charge in [-0.2, -0.15) is 0 Å². The van der Waals surface area contributed by atoms with E-state index in [2.05, 4.69) is 54.9 Å². The molecule has 0 aliphatic carbocycles. The van der Waals surface area contributed by atoms with E-state index in [-0.39, 0.29) is 64.0 Å². The van der Waals surface area contributed by atoms with Gasteiger partial charge in [0.1, 0.15) is 73.7 Å². The molecule has 3 fully saturated rings. The predicted molar refractivity (Wildman–Crippen MR) is 403 cm³/mol. The predicted octanol–water partition coefficient (Wildman–Crippen LogP) is 9.71. The van der Waals surface area contributed by atoms with Gasteiger partial charge >= 0.3 is 19.8 Å². The first kappa shape index (κ1) is 97.6. The zero-order valence-corrected chi connectivity index (χ0v) is 66.5. The number of esters is 2. The molecule has 8 unspecified atom stereocenters. The Labute approximate surface area is 638 Å². The Morgan fingerprint density at radius 3 is 1.58 bits per heavy atom. The van der Waals surface area contributed by atoms with Crippen molar-refractivity contribution in [2.75, 3.05) is 59.8 Å². The average Bonchev–Trinajstić information content (AvgIpc) is 0.772. The van der Waals surface area contributed by atoms with Crippen LogP contribution in [0.5, 0.6) is 0 Å². The molecular weight excluding hydrogens is 1410 g/mol. The highest BCUT2D eigenvalue weighted by Gasteiger charge is 2.55. The number of allylic oxidation sites excluding steroid dienone is 3. The quantitative estimate of drug-likeness (QED) is 0.0117. The molecule has 28 nitrogen and oxygen atoms in total. The van der Waals surface area contributed by atoms with Gasteiger partial charge < -0.3 is 94.7 Å². The Bertz CT molecular complexity index is 2440. The normalized spacial score (nSPS) is 25.9. The molecule has 0 aromatic heterocycles. The third-order valence-electron chi connectivity index (χ3n) is 19.6. The number of hydrogen-bond donors (Lipinski definition) is 11. The summed E-state index contributed by atoms with van der Waals surface area (Å²) in [5, 5.41) is 93.3. The first-order chi connectivity index (χ1) is 51.7. The number of nitrogens with one attached hydrogen (secondary N) is 3. The molecule has 624 valence electrons. The smallest absolute Gasteiger partial charge is 0.461 e. The van der Waals surface area contributed by atoms with Crippen LogP contribution in [-0.2, 0) is 80.0 Å². The molecule has 3 amide bonds. The van der Waals surface area contributed by atoms with Gasteiger partial charge in [0.15, 0.2) is 25.0 Å². The van der Waals surface area contributed by atoms with Gasteiger partial charge in [0.2, 0.25) is 17.7 Å². The minimum atomic E-state index is -4.07. The van der Waals surface area contributed by atoms with Gasteiger partial charge in [-0.05, 0) is 90.4 Å². The maximum atomic E-state index is 13.7. The fourth-order valence-corrected chi connectivity index (χ4v) is 13.9. The summed E-state index contributed by atoms with van der Waals surface area (Å²) >= 11 is 0. The number of unbranched alkanes of at least 4 members (excludes halogenated alkanes) is 27. The lowest BCUT2D eigenvalue weighted by Crippen LogP contribution is -2.68. The first-order valence-electron chi connectivity index (χ1n) is 40.8. The average molecular weight is 1550 g/mol. The van der Waals surface area contributed by atoms with Crippen molar-refractivity contribution in [3.05, 3.63) is 24.3 Å². The van der Waals surface area contributed by atoms with E-state index in [9.17, 15) is 69.4 Å². The molecule has 3 saturated heterocycles. The number of carbonyl (C=O) groups is 5. The second-order valence-electron chi connectivity index (χ2n) is 28.9. The highest BCUT2D eigenvalue weighted by atomic mass is 31.2. The van der Waals surface area contributed by atoms with E-state index >= 15 is 0 Å². The van der Waals surface area contributed by atoms with Crippen LogP contribution in [0.15, 0.2) is 24.3 Å². The molecule has 0 aromatic rings. The fourth-order valence-electron chi connectivity index (χ4n) is 12.9. The molecule has 107 heavy (non-hydrogen) atoms. The highest BCUT2D eigenvalue weighted by molar-refractivity contribution is 7.48. The van der Waals surface area contributed by atoms with Crippen LogP contribution in [0.25, 0.3) is 0 Å². The number of aliphatic hydroxyl groups excluding tert-OH is 8. The van der Waals surface area contributed by atoms with E-state index in [1.807, 2.05) is 6.08 Å². The summed E-state index contributed by atoms with van der Waals surface area (Å²) in [6.07, 6.45) is 20.4. The summed E-state index contributed by atoms with van der Waals surface area (Å²) < 4.78 is 77.6. The summed E-state index contributed by atoms with van der Waals surface area (Å²) in [5.41, 5.74) is 0. The lowest BCUT2D eigenvalue weighted by Gasteiger charge is -2.49. The lowest BCUT2D eigenvalue weighted by atomic mass is 9.95. The van der Waals surface area contributed by atoms with Gasteiger partial charge in [-0.25, -0.2) is 4.57 Å². The van der Waals surface area contributed by atoms with Crippen LogP contribution in [0.4, 0.5) is 0 Å². The molecule has 0 saturated carbocycles. The van der Waals surface area contributed by atoms with E-state index in [1.54, 1.807) is 0 Å². The van der Waals surface area contributed by atoms with Crippen molar-refractivity contribution in [2.24, 2.45) is 5.92 Å². The van der Waals surface area contributed by atoms with Gasteiger partial charge in [0.25, 0.3) is 0 Å². The second-order valence-corrected chi connectivity index (χ2v) is 30.7. The Kier molecular flexibility index (Phi) is 54.8. The van der Waals surface area contributed by atoms with E-state index in [0.29, 0.717) is 57.9 Å². The molecule has 3 rings (SSSR count). The molecule has 3 aliphatic heterocycles. The molecule has 0 radical (unpaired) electrons. The minimum Gasteiger partial charge on any atom is -0.461 e. The molecule has 3 heterocycles. The van der Waals surface area contributed by atoms with E-state index < -0.39 is 143 Å². The van der Waals surface area contributed by atoms with E-state index in [0.717, 1.165) is 116 Å². The van der Waals surface area contributed by atoms with E-state index in [4.69, 9.17) is 51.5 Å². The van der Waals surface area contributed by atoms with Gasteiger partial charge in [-0.15, -0.1) is 0 Å². The van der Waals surface area contributed by atoms with Crippen molar-refractivity contribution >= 4 is 37.5 Å². The maximum Gasteiger partial charge on any atom is 0.474 e. The Hall–Kier alpha value is -3.62. The van der Waals surface area contributed by atoms with Crippen molar-refractivity contribution in [1.82, 2.24) is 16.0 Å². The second kappa shape index (κ2) is 60.0. The molecular formula is C78H142N3O25P. The number of phosphoric ester groups is 1. The molecule has 29 heteroatoms. The number of ether oxygens (including phenoxy) is 8. The third-order valence-corrected chi connectivity index (χ3v) is 21.0. The van der Waals surface area contributed by atoms with E-state index in [1.165, 1.54) is 78.2 Å². The van der Waals surface area contributed by atoms with Crippen molar-refractivity contribution in [2.45, 2.75) is 377 Å². The lowest BCUT2D eigenvalue weighted by molar-refractivity contribution is -0.385. The topological polar surface area (TPSA) is 402 Å². The summed E-state index contributed by atoms with van der Waals surface area (Å²) in [4.78, 5) is 64.5. The van der Waals surface area contributed by atoms with Gasteiger partial charge in [0.05, 0.1) is 45.1 Å². The number of hydrogen-bond acceptors (Lipinski definition) is 25. The number of aliphatic hydroxyl groups is 8. The maximum absolute atomic E-state index is 13.7. The van der Waals surface area contributed by atoms with Crippen molar-refractivity contribution in [3.63, 3.8) is 0 Å². The van der Waals surface area contributed by atoms with Crippen LogP contribution in [0.1, 0.15) is 279 Å². The molecule has 0 aromatic carbocycles. The first-order valence-corrected chi connectivity index (χ1v) is 42.3. The monoisotopic (exact) mass is 1550 g/mol. The Morgan fingerprint density at radius 1 is 0.495 bits per heavy atom. The zero-order chi connectivity index (χ0) is 78.5. The fraction of sp³-hybridized carbons (Fsp3) is 0.885. The number of amides is 3. The molecule has 3 aliphatic rings. The van der Waals surface area contributed by atoms with Gasteiger partial charge in [-0.3, -0.25) is 37.5 Å². The van der Waals surface area contributed by atoms with Crippen molar-refractivity contribution in [1.29, 1.82) is 0 Å². The van der Waals surface area contributed by atoms with Crippen LogP contribution in [0, 0.1) is 5.92 Å². The summed E-state index contributed by atoms with van der Waals surface area (Å²) in [6, 6.07) is -1.47. The highest BCUT2D eigenvalue weighted by Crippen LogP contribution is 2.49. The third kappa shape index (κ3) is 41.6. The molecule has 0 bridgehead atoms. The van der Waals surface area contributed by atoms with Crippen molar-refractivity contribution < 1.29 is 121 Å². The van der Waals surface area contributed by atoms with Crippen LogP contribution in [-0.4, -0.2) is 229 Å². The largest absolute Gasteiger partial charge is 0.474 e. The summed E-state index contributed by atoms with van der Waals surface area (Å²) in [5.74, 6) is -2.22. The van der Waals surface area contributed by atoms with Crippen LogP contribution in [0.2, 0.25) is 0 Å². The van der Waals surface area contributed by atoms with Crippen LogP contribution >= 0.6 is 7.82 Å². The standard InChI is InChI=1S/C78H142N3O25P/c1-7-10-13-16-18-20-21-22-23-24-25-26-28-33-40-48-65(87)102-60(55-98-75(94)59(44-36-15-12-9-3)45-37-31-27-19-17-14-11-8-2)56-100-107(95,96-6)99-52-42-34-30-29-32-38-46-63(85)79-49-41-35-39-47-64(86)80-50-43-51-97-78-74(106-77-72(93)71(92)67(88)57(4)101-77)73(69(90)62(54-83)104-78)105-76-66(81-58(5)84)70(91)68(89)61(53-82)103-76/h22-23,37,45,57,59-62,66-74,76-78,82-83,88-93H,7-21,24-36,38-44,46-56H2,1-6H3,(H,79,85)(H,80,86)(H,81,84)/b23-22-,45-37-/t57?,59?,60-,61?,62?,66?,67-,68+,69+,70-,71+,72?,73+,74?,76+,77+,78-,107?/m1/s1. The number of phosphoric acid groups is 1. The zero-order valence-electron chi connectivity index (χ0n) is 65.6. The molecule has 11 N–H and O–H groups in total. The minimum absolute atomic E-state index is 0.0585. The Balaban J connectivity index is 1.38. The summed E-state index contributed by atoms with van der Waals surface area (Å²) in [6.45, 7) is 7.55. The number of rotatable bonds is 64. The number of carbonyl (C=O) groups excluding carboxylic acids is 5. The van der Waals surface area contributed by atoms with Crippen molar-refractivity contribution in [3.8, 4) is 0 Å².